The van der Waals surface area contributed by atoms with Gasteiger partial charge in [-0.15, -0.1) is 0 Å². The molecular weight excluding hydrogens is 393 g/mol. The molecule has 3 nitrogen and oxygen atoms in total. The maximum atomic E-state index is 12.1. The maximum absolute atomic E-state index is 12.1. The molecule has 1 N–H and O–H groups in total. The van der Waals surface area contributed by atoms with Gasteiger partial charge in [0.15, 0.2) is 0 Å². The molecule has 0 amide bonds. The molecule has 7 heteroatoms. The van der Waals surface area contributed by atoms with Crippen LogP contribution < -0.4 is 4.72 Å². The van der Waals surface area contributed by atoms with Crippen molar-refractivity contribution in [1.29, 1.82) is 0 Å². The molecule has 96 valence electrons. The molecule has 0 spiro atoms. The molecule has 0 aliphatic heterocycles. The average Bonchev–Trinajstić information content (AvgIpc) is 2.28. The third-order valence-corrected chi connectivity index (χ3v) is 6.71. The topological polar surface area (TPSA) is 46.2 Å². The lowest BCUT2D eigenvalue weighted by Crippen LogP contribution is -2.48. The molecule has 0 aliphatic rings. The molecule has 0 fully saturated rings. The summed E-state index contributed by atoms with van der Waals surface area (Å²) in [4.78, 5) is 0.0924. The highest BCUT2D eigenvalue weighted by molar-refractivity contribution is 9.09. The molecule has 0 aliphatic carbocycles. The fourth-order valence-corrected chi connectivity index (χ4v) is 4.64. The van der Waals surface area contributed by atoms with Crippen LogP contribution in [0.25, 0.3) is 0 Å². The molecular formula is C10H12Br2ClNO2S. The zero-order valence-electron chi connectivity index (χ0n) is 9.08. The highest BCUT2D eigenvalue weighted by atomic mass is 79.9. The Kier molecular flexibility index (Phi) is 5.46. The number of hydrogen-bond donors (Lipinski definition) is 1. The van der Waals surface area contributed by atoms with Crippen molar-refractivity contribution < 1.29 is 8.42 Å². The van der Waals surface area contributed by atoms with E-state index < -0.39 is 15.6 Å². The van der Waals surface area contributed by atoms with Crippen LogP contribution in [0.1, 0.15) is 6.92 Å². The monoisotopic (exact) mass is 403 g/mol. The lowest BCUT2D eigenvalue weighted by atomic mass is 10.1. The molecule has 17 heavy (non-hydrogen) atoms. The van der Waals surface area contributed by atoms with Crippen molar-refractivity contribution in [1.82, 2.24) is 4.72 Å². The SMILES string of the molecule is CC(CBr)(CBr)NS(=O)(=O)c1ccccc1Cl. The quantitative estimate of drug-likeness (QED) is 0.765. The molecule has 0 saturated carbocycles. The lowest BCUT2D eigenvalue weighted by Gasteiger charge is -2.26. The summed E-state index contributed by atoms with van der Waals surface area (Å²) in [6.45, 7) is 1.80. The van der Waals surface area contributed by atoms with Gasteiger partial charge in [-0.1, -0.05) is 55.6 Å². The number of alkyl halides is 2. The van der Waals surface area contributed by atoms with Crippen molar-refractivity contribution >= 4 is 53.5 Å². The second-order valence-electron chi connectivity index (χ2n) is 3.86. The molecule has 0 heterocycles. The second-order valence-corrected chi connectivity index (χ2v) is 7.04. The summed E-state index contributed by atoms with van der Waals surface area (Å²) in [5.74, 6) is 0. The van der Waals surface area contributed by atoms with E-state index in [4.69, 9.17) is 11.6 Å². The Bertz CT molecular complexity index is 489. The number of sulfonamides is 1. The van der Waals surface area contributed by atoms with Gasteiger partial charge in [-0.25, -0.2) is 13.1 Å². The molecule has 0 atom stereocenters. The zero-order valence-corrected chi connectivity index (χ0v) is 13.8. The maximum Gasteiger partial charge on any atom is 0.242 e. The van der Waals surface area contributed by atoms with E-state index in [2.05, 4.69) is 36.6 Å². The largest absolute Gasteiger partial charge is 0.242 e. The van der Waals surface area contributed by atoms with Gasteiger partial charge in [-0.2, -0.15) is 0 Å². The van der Waals surface area contributed by atoms with E-state index in [9.17, 15) is 8.42 Å². The Morgan fingerprint density at radius 2 is 1.82 bits per heavy atom. The standard InChI is InChI=1S/C10H12Br2ClNO2S/c1-10(6-11,7-12)14-17(15,16)9-5-3-2-4-8(9)13/h2-5,14H,6-7H2,1H3. The van der Waals surface area contributed by atoms with Crippen molar-refractivity contribution in [2.24, 2.45) is 0 Å². The van der Waals surface area contributed by atoms with Gasteiger partial charge in [0.25, 0.3) is 0 Å². The Labute approximate surface area is 123 Å². The fourth-order valence-electron chi connectivity index (χ4n) is 1.13. The molecule has 1 rings (SSSR count). The minimum absolute atomic E-state index is 0.0924. The molecule has 0 radical (unpaired) electrons. The lowest BCUT2D eigenvalue weighted by molar-refractivity contribution is 0.509. The van der Waals surface area contributed by atoms with Crippen LogP contribution >= 0.6 is 43.5 Å². The van der Waals surface area contributed by atoms with E-state index in [0.717, 1.165) is 0 Å². The van der Waals surface area contributed by atoms with Gasteiger partial charge in [0.2, 0.25) is 10.0 Å². The predicted octanol–water partition coefficient (Wildman–Crippen LogP) is 3.17. The Morgan fingerprint density at radius 3 is 2.29 bits per heavy atom. The highest BCUT2D eigenvalue weighted by Gasteiger charge is 2.29. The third kappa shape index (κ3) is 3.92. The van der Waals surface area contributed by atoms with Crippen LogP contribution in [0.15, 0.2) is 29.2 Å². The summed E-state index contributed by atoms with van der Waals surface area (Å²) in [5.41, 5.74) is -0.599. The highest BCUT2D eigenvalue weighted by Crippen LogP contribution is 2.23. The summed E-state index contributed by atoms with van der Waals surface area (Å²) >= 11 is 12.5. The van der Waals surface area contributed by atoms with Crippen molar-refractivity contribution in [2.45, 2.75) is 17.4 Å². The second kappa shape index (κ2) is 6.02. The summed E-state index contributed by atoms with van der Waals surface area (Å²) in [6, 6.07) is 6.36. The third-order valence-electron chi connectivity index (χ3n) is 2.10. The summed E-state index contributed by atoms with van der Waals surface area (Å²) in [6.07, 6.45) is 0. The number of rotatable bonds is 5. The summed E-state index contributed by atoms with van der Waals surface area (Å²) in [7, 11) is -3.61. The zero-order chi connectivity index (χ0) is 13.1. The van der Waals surface area contributed by atoms with E-state index in [0.29, 0.717) is 10.7 Å². The van der Waals surface area contributed by atoms with Gasteiger partial charge in [-0.3, -0.25) is 0 Å². The van der Waals surface area contributed by atoms with Crippen molar-refractivity contribution in [3.05, 3.63) is 29.3 Å². The first kappa shape index (κ1) is 15.4. The Hall–Kier alpha value is 0.380. The summed E-state index contributed by atoms with van der Waals surface area (Å²) in [5, 5.41) is 1.20. The molecule has 0 saturated heterocycles. The van der Waals surface area contributed by atoms with Crippen LogP contribution in [0.3, 0.4) is 0 Å². The van der Waals surface area contributed by atoms with Crippen LogP contribution in [-0.2, 0) is 10.0 Å². The van der Waals surface area contributed by atoms with E-state index in [1.807, 2.05) is 0 Å². The van der Waals surface area contributed by atoms with Gasteiger partial charge in [-0.05, 0) is 19.1 Å². The molecule has 1 aromatic carbocycles. The normalized spacial score (nSPS) is 12.7. The Balaban J connectivity index is 3.10. The summed E-state index contributed by atoms with van der Waals surface area (Å²) < 4.78 is 26.9. The van der Waals surface area contributed by atoms with Crippen molar-refractivity contribution in [3.8, 4) is 0 Å². The minimum Gasteiger partial charge on any atom is -0.207 e. The van der Waals surface area contributed by atoms with Gasteiger partial charge in [0.1, 0.15) is 4.90 Å². The van der Waals surface area contributed by atoms with E-state index in [-0.39, 0.29) is 9.92 Å². The first-order valence-corrected chi connectivity index (χ1v) is 8.85. The van der Waals surface area contributed by atoms with Gasteiger partial charge in [0, 0.05) is 16.2 Å². The van der Waals surface area contributed by atoms with Crippen LogP contribution in [0, 0.1) is 0 Å². The van der Waals surface area contributed by atoms with Crippen LogP contribution in [0.4, 0.5) is 0 Å². The molecule has 1 aromatic rings. The predicted molar refractivity (Wildman–Crippen MR) is 77.8 cm³/mol. The van der Waals surface area contributed by atoms with Crippen molar-refractivity contribution in [3.63, 3.8) is 0 Å². The van der Waals surface area contributed by atoms with Crippen molar-refractivity contribution in [2.75, 3.05) is 10.7 Å². The molecule has 0 bridgehead atoms. The van der Waals surface area contributed by atoms with E-state index in [1.165, 1.54) is 6.07 Å². The number of benzene rings is 1. The fraction of sp³-hybridized carbons (Fsp3) is 0.400. The average molecular weight is 406 g/mol. The van der Waals surface area contributed by atoms with Gasteiger partial charge >= 0.3 is 0 Å². The van der Waals surface area contributed by atoms with E-state index in [1.54, 1.807) is 25.1 Å². The first-order chi connectivity index (χ1) is 7.84. The van der Waals surface area contributed by atoms with Gasteiger partial charge < -0.3 is 0 Å². The minimum atomic E-state index is -3.61. The Morgan fingerprint density at radius 1 is 1.29 bits per heavy atom. The van der Waals surface area contributed by atoms with Gasteiger partial charge in [0.05, 0.1) is 5.02 Å². The number of hydrogen-bond acceptors (Lipinski definition) is 2. The molecule has 0 aromatic heterocycles. The molecule has 0 unspecified atom stereocenters. The first-order valence-electron chi connectivity index (χ1n) is 4.75. The van der Waals surface area contributed by atoms with E-state index >= 15 is 0 Å². The van der Waals surface area contributed by atoms with Crippen LogP contribution in [-0.4, -0.2) is 24.6 Å². The van der Waals surface area contributed by atoms with Crippen LogP contribution in [0.2, 0.25) is 5.02 Å². The smallest absolute Gasteiger partial charge is 0.207 e. The number of nitrogens with one attached hydrogen (secondary N) is 1. The van der Waals surface area contributed by atoms with Crippen LogP contribution in [0.5, 0.6) is 0 Å². The number of halogens is 3.